The summed E-state index contributed by atoms with van der Waals surface area (Å²) in [5.41, 5.74) is 11.5. The largest absolute Gasteiger partial charge is 0.508 e. The zero-order chi connectivity index (χ0) is 64.4. The van der Waals surface area contributed by atoms with Crippen LogP contribution in [0.15, 0.2) is 24.3 Å². The lowest BCUT2D eigenvalue weighted by Gasteiger charge is -2.32. The number of nitrogens with zero attached hydrogens (tertiary/aromatic N) is 4. The number of carbonyl (C=O) groups is 13. The number of ketones is 1. The van der Waals surface area contributed by atoms with Crippen molar-refractivity contribution < 1.29 is 87.9 Å². The minimum atomic E-state index is -1.69. The van der Waals surface area contributed by atoms with Crippen molar-refractivity contribution >= 4 is 82.8 Å². The van der Waals surface area contributed by atoms with E-state index in [1.807, 2.05) is 0 Å². The second kappa shape index (κ2) is 39.4. The number of primary amides is 1. The summed E-state index contributed by atoms with van der Waals surface area (Å²) in [7, 11) is 0. The van der Waals surface area contributed by atoms with Crippen LogP contribution in [0.5, 0.6) is 5.75 Å². The zero-order valence-electron chi connectivity index (χ0n) is 48.9. The Balaban J connectivity index is 1.56. The number of hydrogen-bond acceptors (Lipinski definition) is 19. The van der Waals surface area contributed by atoms with Crippen molar-refractivity contribution in [3.63, 3.8) is 0 Å². The summed E-state index contributed by atoms with van der Waals surface area (Å²) >= 11 is 0. The van der Waals surface area contributed by atoms with Gasteiger partial charge < -0.3 is 74.2 Å². The number of unbranched alkanes of at least 4 members (excludes halogenated alkanes) is 3. The van der Waals surface area contributed by atoms with E-state index in [-0.39, 0.29) is 167 Å². The molecule has 0 spiro atoms. The maximum absolute atomic E-state index is 14.1. The number of aliphatic carboxylic acids is 4. The van der Waals surface area contributed by atoms with E-state index in [0.29, 0.717) is 31.2 Å². The third-order valence-corrected chi connectivity index (χ3v) is 14.3. The number of Topliss-reactive ketones (excluding diaryl/α,β-unsaturated/α-hetero) is 1. The Hall–Kier alpha value is -8.36. The Morgan fingerprint density at radius 1 is 0.563 bits per heavy atom. The Morgan fingerprint density at radius 3 is 1.59 bits per heavy atom. The molecule has 2 saturated heterocycles. The van der Waals surface area contributed by atoms with Crippen LogP contribution in [0.2, 0.25) is 0 Å². The van der Waals surface area contributed by atoms with Gasteiger partial charge in [0, 0.05) is 103 Å². The fourth-order valence-corrected chi connectivity index (χ4v) is 9.61. The predicted molar refractivity (Wildman–Crippen MR) is 309 cm³/mol. The van der Waals surface area contributed by atoms with Crippen LogP contribution in [0, 0.1) is 11.3 Å². The number of phenols is 1. The van der Waals surface area contributed by atoms with Crippen LogP contribution in [-0.2, 0) is 68.7 Å². The predicted octanol–water partition coefficient (Wildman–Crippen LogP) is -4.14. The summed E-state index contributed by atoms with van der Waals surface area (Å²) in [5.74, 6) is -12.4. The molecule has 0 radical (unpaired) electrons. The fourth-order valence-electron chi connectivity index (χ4n) is 9.61. The summed E-state index contributed by atoms with van der Waals surface area (Å²) in [6, 6.07) is 0.165. The van der Waals surface area contributed by atoms with Crippen molar-refractivity contribution in [2.24, 2.45) is 17.4 Å². The van der Waals surface area contributed by atoms with Crippen LogP contribution in [0.4, 0.5) is 0 Å². The highest BCUT2D eigenvalue weighted by molar-refractivity contribution is 5.98. The molecule has 0 bridgehead atoms. The molecule has 1 unspecified atom stereocenters. The minimum Gasteiger partial charge on any atom is -0.508 e. The molecule has 0 aromatic heterocycles. The molecular formula is C55H86N14O18. The standard InChI is InChI=1S/C55H86N14O18/c56-43(57)10-2-1-7-36-28-42(71)38(64-54(86)40(27-35-11-13-37(70)14-12-35)65-55(87)41(29-48(76)77)63-46(74)30-61-53(36)85)8-3-5-17-59-44(72)15-16-45(73)62-39(52(58)84)9-4-6-18-60-47(75)31-66-19-21-67(32-49(78)79)23-25-69(34-51(82)83)26-24-68(22-20-66)33-50(80)81/h11-14,36,38-41,70H,1-10,15-34H2,(H3,56,57)(H2,58,84)(H,59,72)(H,60,75)(H,61,85)(H,62,73)(H,63,74)(H,64,86)(H,65,87)(H,76,77)(H,78,79)(H,80,81)(H,82,83)/t36-,38+,39+,40?,41+/m1/s1. The second-order valence-corrected chi connectivity index (χ2v) is 21.6. The van der Waals surface area contributed by atoms with Crippen LogP contribution in [-0.4, -0.2) is 250 Å². The SMILES string of the molecule is N=C(N)CCCC[C@@H]1CC(=O)[C@H](CCCCNC(=O)CCC(=O)N[C@@H](CCCCNC(=O)CN2CCN(CC(=O)O)CCN(CC(=O)O)CCN(CC(=O)O)CC2)C(N)=O)NC(=O)C(Cc2ccc(O)cc2)NC(=O)[C@H](CC(=O)O)NC(=O)CNC1=O. The number of carboxylic acid groups (broad SMARTS) is 4. The van der Waals surface area contributed by atoms with Crippen LogP contribution in [0.1, 0.15) is 95.5 Å². The highest BCUT2D eigenvalue weighted by atomic mass is 16.4. The molecule has 0 aliphatic carbocycles. The molecule has 32 nitrogen and oxygen atoms in total. The first-order valence-electron chi connectivity index (χ1n) is 29.0. The van der Waals surface area contributed by atoms with Crippen molar-refractivity contribution in [1.82, 2.24) is 56.8 Å². The third kappa shape index (κ3) is 31.6. The summed E-state index contributed by atoms with van der Waals surface area (Å²) in [6.45, 7) is 0.343. The molecule has 2 aliphatic rings. The topological polar surface area (TPSA) is 496 Å². The van der Waals surface area contributed by atoms with Crippen LogP contribution < -0.4 is 48.7 Å². The van der Waals surface area contributed by atoms with Gasteiger partial charge in [0.25, 0.3) is 0 Å². The molecule has 5 atom stereocenters. The Morgan fingerprint density at radius 2 is 1.06 bits per heavy atom. The van der Waals surface area contributed by atoms with E-state index in [0.717, 1.165) is 0 Å². The maximum Gasteiger partial charge on any atom is 0.317 e. The molecule has 1 aromatic rings. The van der Waals surface area contributed by atoms with Gasteiger partial charge in [0.2, 0.25) is 47.3 Å². The molecule has 0 saturated carbocycles. The van der Waals surface area contributed by atoms with E-state index < -0.39 is 120 Å². The van der Waals surface area contributed by atoms with E-state index in [4.69, 9.17) is 16.9 Å². The van der Waals surface area contributed by atoms with Gasteiger partial charge >= 0.3 is 23.9 Å². The van der Waals surface area contributed by atoms with Crippen molar-refractivity contribution in [2.45, 2.75) is 120 Å². The lowest BCUT2D eigenvalue weighted by Crippen LogP contribution is -2.57. The van der Waals surface area contributed by atoms with Gasteiger partial charge in [-0.2, -0.15) is 0 Å². The fraction of sp³-hybridized carbons (Fsp3) is 0.636. The smallest absolute Gasteiger partial charge is 0.317 e. The van der Waals surface area contributed by atoms with Gasteiger partial charge in [-0.1, -0.05) is 18.6 Å². The van der Waals surface area contributed by atoms with Crippen molar-refractivity contribution in [3.05, 3.63) is 29.8 Å². The number of carboxylic acids is 4. The number of amidine groups is 1. The highest BCUT2D eigenvalue weighted by Gasteiger charge is 2.34. The number of carbonyl (C=O) groups excluding carboxylic acids is 9. The number of aromatic hydroxyl groups is 1. The number of phenolic OH excluding ortho intramolecular Hbond substituents is 1. The molecule has 87 heavy (non-hydrogen) atoms. The van der Waals surface area contributed by atoms with Gasteiger partial charge in [-0.3, -0.25) is 87.3 Å². The normalized spacial score (nSPS) is 19.8. The molecule has 3 rings (SSSR count). The van der Waals surface area contributed by atoms with Gasteiger partial charge in [-0.15, -0.1) is 0 Å². The first-order valence-corrected chi connectivity index (χ1v) is 29.0. The van der Waals surface area contributed by atoms with Crippen LogP contribution in [0.3, 0.4) is 0 Å². The number of hydrogen-bond donors (Lipinski definition) is 15. The monoisotopic (exact) mass is 1230 g/mol. The molecule has 8 amide bonds. The van der Waals surface area contributed by atoms with Crippen LogP contribution >= 0.6 is 0 Å². The van der Waals surface area contributed by atoms with Crippen molar-refractivity contribution in [1.29, 1.82) is 5.41 Å². The summed E-state index contributed by atoms with van der Waals surface area (Å²) in [6.07, 6.45) is 0.292. The number of benzene rings is 1. The lowest BCUT2D eigenvalue weighted by molar-refractivity contribution is -0.141. The lowest BCUT2D eigenvalue weighted by atomic mass is 9.90. The molecule has 484 valence electrons. The van der Waals surface area contributed by atoms with Gasteiger partial charge in [-0.25, -0.2) is 0 Å². The number of amides is 8. The second-order valence-electron chi connectivity index (χ2n) is 21.6. The van der Waals surface area contributed by atoms with E-state index in [2.05, 4.69) is 37.2 Å². The van der Waals surface area contributed by atoms with E-state index in [9.17, 15) is 87.9 Å². The minimum absolute atomic E-state index is 0.0181. The number of nitrogens with one attached hydrogen (secondary N) is 8. The first kappa shape index (κ1) is 72.9. The Labute approximate surface area is 503 Å². The maximum atomic E-state index is 14.1. The quantitative estimate of drug-likeness (QED) is 0.0185. The average Bonchev–Trinajstić information content (AvgIpc) is 3.69. The summed E-state index contributed by atoms with van der Waals surface area (Å²) in [5, 5.41) is 73.2. The molecule has 32 heteroatoms. The zero-order valence-corrected chi connectivity index (χ0v) is 48.9. The highest BCUT2D eigenvalue weighted by Crippen LogP contribution is 2.19. The van der Waals surface area contributed by atoms with Gasteiger partial charge in [-0.05, 0) is 69.1 Å². The summed E-state index contributed by atoms with van der Waals surface area (Å²) < 4.78 is 0. The van der Waals surface area contributed by atoms with Crippen molar-refractivity contribution in [3.8, 4) is 5.75 Å². The molecular weight excluding hydrogens is 1140 g/mol. The van der Waals surface area contributed by atoms with Gasteiger partial charge in [0.1, 0.15) is 23.9 Å². The van der Waals surface area contributed by atoms with E-state index >= 15 is 0 Å². The average molecular weight is 1230 g/mol. The molecule has 2 aliphatic heterocycles. The molecule has 2 heterocycles. The number of nitrogens with two attached hydrogens (primary N) is 2. The first-order chi connectivity index (χ1) is 41.3. The third-order valence-electron chi connectivity index (χ3n) is 14.3. The van der Waals surface area contributed by atoms with Crippen LogP contribution in [0.25, 0.3) is 0 Å². The Bertz CT molecular complexity index is 2510. The van der Waals surface area contributed by atoms with Gasteiger partial charge in [0.15, 0.2) is 5.78 Å². The van der Waals surface area contributed by atoms with E-state index in [1.54, 1.807) is 19.6 Å². The Kier molecular flexibility index (Phi) is 33.0. The molecule has 17 N–H and O–H groups in total. The van der Waals surface area contributed by atoms with Crippen molar-refractivity contribution in [2.75, 3.05) is 98.2 Å². The van der Waals surface area contributed by atoms with E-state index in [1.165, 1.54) is 24.3 Å². The summed E-state index contributed by atoms with van der Waals surface area (Å²) in [4.78, 5) is 173. The van der Waals surface area contributed by atoms with Gasteiger partial charge in [0.05, 0.1) is 51.0 Å². The molecule has 1 aromatic carbocycles. The number of rotatable bonds is 32. The molecule has 2 fully saturated rings.